The molecule has 3 aromatic rings. The van der Waals surface area contributed by atoms with Gasteiger partial charge in [-0.1, -0.05) is 30.3 Å². The van der Waals surface area contributed by atoms with Gasteiger partial charge in [-0.05, 0) is 72.5 Å². The monoisotopic (exact) mass is 418 g/mol. The van der Waals surface area contributed by atoms with Crippen molar-refractivity contribution >= 4 is 23.1 Å². The molecule has 1 heterocycles. The first-order chi connectivity index (χ1) is 14.8. The van der Waals surface area contributed by atoms with Gasteiger partial charge in [0, 0.05) is 5.69 Å². The molecule has 4 nitrogen and oxygen atoms in total. The molecule has 4 rings (SSSR count). The van der Waals surface area contributed by atoms with Gasteiger partial charge in [-0.3, -0.25) is 14.5 Å². The van der Waals surface area contributed by atoms with Crippen LogP contribution in [-0.4, -0.2) is 16.7 Å². The second-order valence-electron chi connectivity index (χ2n) is 7.50. The molecule has 0 saturated carbocycles. The van der Waals surface area contributed by atoms with E-state index in [2.05, 4.69) is 5.32 Å². The standard InChI is InChI=1S/C25H20F2N2O2/c1-15-3-12-21(13-16(15)2)28-23-22(18-6-10-20(27)11-7-18)24(30)29(25(23)31)14-17-4-8-19(26)9-5-17/h3-13,28H,14H2,1-2H3. The number of nitrogens with zero attached hydrogens (tertiary/aromatic N) is 1. The second-order valence-corrected chi connectivity index (χ2v) is 7.50. The molecule has 6 heteroatoms. The lowest BCUT2D eigenvalue weighted by Gasteiger charge is -2.15. The molecule has 0 atom stereocenters. The lowest BCUT2D eigenvalue weighted by atomic mass is 10.0. The third-order valence-corrected chi connectivity index (χ3v) is 5.33. The highest BCUT2D eigenvalue weighted by atomic mass is 19.1. The molecule has 1 aliphatic rings. The average Bonchev–Trinajstić information content (AvgIpc) is 2.97. The molecule has 0 aromatic heterocycles. The molecule has 156 valence electrons. The number of nitrogens with one attached hydrogen (secondary N) is 1. The van der Waals surface area contributed by atoms with Crippen LogP contribution < -0.4 is 5.32 Å². The van der Waals surface area contributed by atoms with Crippen LogP contribution in [0.5, 0.6) is 0 Å². The van der Waals surface area contributed by atoms with Crippen molar-refractivity contribution < 1.29 is 18.4 Å². The minimum absolute atomic E-state index is 0.000741. The fraction of sp³-hybridized carbons (Fsp3) is 0.120. The topological polar surface area (TPSA) is 49.4 Å². The Bertz CT molecular complexity index is 1200. The van der Waals surface area contributed by atoms with Crippen molar-refractivity contribution in [1.29, 1.82) is 0 Å². The number of hydrogen-bond donors (Lipinski definition) is 1. The Kier molecular flexibility index (Phi) is 5.38. The summed E-state index contributed by atoms with van der Waals surface area (Å²) in [5.74, 6) is -1.82. The van der Waals surface area contributed by atoms with E-state index in [1.807, 2.05) is 32.0 Å². The van der Waals surface area contributed by atoms with E-state index in [0.29, 0.717) is 16.8 Å². The van der Waals surface area contributed by atoms with Gasteiger partial charge in [0.2, 0.25) is 0 Å². The quantitative estimate of drug-likeness (QED) is 0.595. The number of carbonyl (C=O) groups is 2. The maximum atomic E-state index is 13.4. The Balaban J connectivity index is 1.74. The maximum absolute atomic E-state index is 13.4. The second kappa shape index (κ2) is 8.14. The van der Waals surface area contributed by atoms with Crippen LogP contribution in [0.15, 0.2) is 72.4 Å². The molecular formula is C25H20F2N2O2. The van der Waals surface area contributed by atoms with E-state index >= 15 is 0 Å². The highest BCUT2D eigenvalue weighted by Crippen LogP contribution is 2.32. The number of rotatable bonds is 5. The number of imide groups is 1. The highest BCUT2D eigenvalue weighted by molar-refractivity contribution is 6.36. The van der Waals surface area contributed by atoms with Gasteiger partial charge in [0.15, 0.2) is 0 Å². The van der Waals surface area contributed by atoms with E-state index in [-0.39, 0.29) is 17.8 Å². The van der Waals surface area contributed by atoms with Crippen molar-refractivity contribution in [3.8, 4) is 0 Å². The molecule has 3 aromatic carbocycles. The SMILES string of the molecule is Cc1ccc(NC2=C(c3ccc(F)cc3)C(=O)N(Cc3ccc(F)cc3)C2=O)cc1C. The Labute approximate surface area is 178 Å². The van der Waals surface area contributed by atoms with Gasteiger partial charge in [0.25, 0.3) is 11.8 Å². The fourth-order valence-electron chi connectivity index (χ4n) is 3.46. The predicted octanol–water partition coefficient (Wildman–Crippen LogP) is 4.97. The van der Waals surface area contributed by atoms with Crippen molar-refractivity contribution in [2.75, 3.05) is 5.32 Å². The van der Waals surface area contributed by atoms with Crippen molar-refractivity contribution in [1.82, 2.24) is 4.90 Å². The lowest BCUT2D eigenvalue weighted by Crippen LogP contribution is -2.32. The van der Waals surface area contributed by atoms with Crippen LogP contribution >= 0.6 is 0 Å². The number of amides is 2. The molecule has 1 aliphatic heterocycles. The molecular weight excluding hydrogens is 398 g/mol. The van der Waals surface area contributed by atoms with Gasteiger partial charge in [-0.15, -0.1) is 0 Å². The first-order valence-corrected chi connectivity index (χ1v) is 9.78. The van der Waals surface area contributed by atoms with Gasteiger partial charge in [-0.2, -0.15) is 0 Å². The summed E-state index contributed by atoms with van der Waals surface area (Å²) < 4.78 is 26.7. The molecule has 0 unspecified atom stereocenters. The molecule has 0 spiro atoms. The molecule has 1 N–H and O–H groups in total. The first kappa shape index (κ1) is 20.5. The van der Waals surface area contributed by atoms with Gasteiger partial charge >= 0.3 is 0 Å². The first-order valence-electron chi connectivity index (χ1n) is 9.78. The van der Waals surface area contributed by atoms with E-state index in [1.165, 1.54) is 48.5 Å². The summed E-state index contributed by atoms with van der Waals surface area (Å²) in [6, 6.07) is 16.7. The molecule has 0 radical (unpaired) electrons. The normalized spacial score (nSPS) is 13.9. The smallest absolute Gasteiger partial charge is 0.278 e. The zero-order valence-corrected chi connectivity index (χ0v) is 17.1. The molecule has 0 bridgehead atoms. The van der Waals surface area contributed by atoms with Crippen LogP contribution in [0.3, 0.4) is 0 Å². The average molecular weight is 418 g/mol. The molecule has 31 heavy (non-hydrogen) atoms. The van der Waals surface area contributed by atoms with Gasteiger partial charge in [-0.25, -0.2) is 8.78 Å². The van der Waals surface area contributed by atoms with E-state index < -0.39 is 23.4 Å². The molecule has 0 fully saturated rings. The highest BCUT2D eigenvalue weighted by Gasteiger charge is 2.39. The van der Waals surface area contributed by atoms with Crippen molar-refractivity contribution in [2.24, 2.45) is 0 Å². The number of anilines is 1. The number of halogens is 2. The summed E-state index contributed by atoms with van der Waals surface area (Å²) in [5, 5.41) is 3.09. The predicted molar refractivity (Wildman–Crippen MR) is 115 cm³/mol. The van der Waals surface area contributed by atoms with Crippen LogP contribution in [0.2, 0.25) is 0 Å². The fourth-order valence-corrected chi connectivity index (χ4v) is 3.46. The largest absolute Gasteiger partial charge is 0.350 e. The number of aryl methyl sites for hydroxylation is 2. The Morgan fingerprint density at radius 3 is 2.00 bits per heavy atom. The van der Waals surface area contributed by atoms with Crippen LogP contribution in [0.1, 0.15) is 22.3 Å². The van der Waals surface area contributed by atoms with Crippen LogP contribution in [0.25, 0.3) is 5.57 Å². The van der Waals surface area contributed by atoms with E-state index in [4.69, 9.17) is 0 Å². The molecule has 0 aliphatic carbocycles. The van der Waals surface area contributed by atoms with E-state index in [1.54, 1.807) is 0 Å². The minimum atomic E-state index is -0.494. The number of benzene rings is 3. The van der Waals surface area contributed by atoms with Crippen molar-refractivity contribution in [3.63, 3.8) is 0 Å². The van der Waals surface area contributed by atoms with Crippen molar-refractivity contribution in [3.05, 3.63) is 106 Å². The summed E-state index contributed by atoms with van der Waals surface area (Å²) in [6.07, 6.45) is 0. The van der Waals surface area contributed by atoms with Gasteiger partial charge in [0.05, 0.1) is 12.1 Å². The molecule has 2 amide bonds. The minimum Gasteiger partial charge on any atom is -0.350 e. The number of hydrogen-bond acceptors (Lipinski definition) is 3. The van der Waals surface area contributed by atoms with Crippen LogP contribution in [0.4, 0.5) is 14.5 Å². The third kappa shape index (κ3) is 4.10. The summed E-state index contributed by atoms with van der Waals surface area (Å²) in [6.45, 7) is 3.94. The zero-order valence-electron chi connectivity index (χ0n) is 17.1. The summed E-state index contributed by atoms with van der Waals surface area (Å²) in [7, 11) is 0. The van der Waals surface area contributed by atoms with Crippen molar-refractivity contribution in [2.45, 2.75) is 20.4 Å². The number of carbonyl (C=O) groups excluding carboxylic acids is 2. The van der Waals surface area contributed by atoms with E-state index in [9.17, 15) is 18.4 Å². The Hall–Kier alpha value is -3.80. The van der Waals surface area contributed by atoms with Gasteiger partial charge < -0.3 is 5.32 Å². The van der Waals surface area contributed by atoms with Crippen LogP contribution in [0, 0.1) is 25.5 Å². The summed E-state index contributed by atoms with van der Waals surface area (Å²) in [5.41, 5.74) is 4.16. The summed E-state index contributed by atoms with van der Waals surface area (Å²) in [4.78, 5) is 27.6. The zero-order chi connectivity index (χ0) is 22.1. The molecule has 0 saturated heterocycles. The Morgan fingerprint density at radius 2 is 1.39 bits per heavy atom. The Morgan fingerprint density at radius 1 is 0.774 bits per heavy atom. The van der Waals surface area contributed by atoms with Gasteiger partial charge in [0.1, 0.15) is 17.3 Å². The summed E-state index contributed by atoms with van der Waals surface area (Å²) >= 11 is 0. The van der Waals surface area contributed by atoms with E-state index in [0.717, 1.165) is 16.0 Å². The lowest BCUT2D eigenvalue weighted by molar-refractivity contribution is -0.137. The maximum Gasteiger partial charge on any atom is 0.278 e. The van der Waals surface area contributed by atoms with Crippen LogP contribution in [-0.2, 0) is 16.1 Å². The third-order valence-electron chi connectivity index (χ3n) is 5.33.